The number of nitrogens with one attached hydrogen (secondary N) is 1. The van der Waals surface area contributed by atoms with Crippen molar-refractivity contribution in [1.82, 2.24) is 5.32 Å². The SMILES string of the molecule is C=C1CC23CC1(O)CCC2C1=CCC(C(C)O)C2(CC2=O)C1C3C(=O)NCCCCCCO. The highest BCUT2D eigenvalue weighted by Gasteiger charge is 2.77. The van der Waals surface area contributed by atoms with E-state index >= 15 is 0 Å². The number of Topliss-reactive ketones (excluding diaryl/α,β-unsaturated/α-hetero) is 1. The monoisotopic (exact) mass is 457 g/mol. The van der Waals surface area contributed by atoms with E-state index in [2.05, 4.69) is 18.0 Å². The molecule has 5 aliphatic carbocycles. The number of hydrogen-bond donors (Lipinski definition) is 4. The molecule has 0 aromatic heterocycles. The van der Waals surface area contributed by atoms with E-state index in [9.17, 15) is 19.8 Å². The van der Waals surface area contributed by atoms with Crippen LogP contribution in [-0.4, -0.2) is 51.9 Å². The Morgan fingerprint density at radius 1 is 1.27 bits per heavy atom. The first-order valence-corrected chi connectivity index (χ1v) is 12.9. The Bertz CT molecular complexity index is 895. The molecule has 8 atom stereocenters. The molecule has 5 rings (SSSR count). The van der Waals surface area contributed by atoms with Gasteiger partial charge in [0.2, 0.25) is 5.91 Å². The van der Waals surface area contributed by atoms with Gasteiger partial charge in [0.25, 0.3) is 0 Å². The van der Waals surface area contributed by atoms with Crippen LogP contribution in [-0.2, 0) is 9.59 Å². The second kappa shape index (κ2) is 8.03. The summed E-state index contributed by atoms with van der Waals surface area (Å²) < 4.78 is 0. The van der Waals surface area contributed by atoms with E-state index in [0.717, 1.165) is 37.7 Å². The van der Waals surface area contributed by atoms with E-state index in [-0.39, 0.29) is 47.4 Å². The number of carbonyl (C=O) groups excluding carboxylic acids is 2. The Kier molecular flexibility index (Phi) is 5.66. The first-order chi connectivity index (χ1) is 15.7. The van der Waals surface area contributed by atoms with Gasteiger partial charge >= 0.3 is 0 Å². The lowest BCUT2D eigenvalue weighted by molar-refractivity contribution is -0.135. The molecular formula is C27H39NO5. The van der Waals surface area contributed by atoms with Crippen molar-refractivity contribution >= 4 is 11.7 Å². The third-order valence-electron chi connectivity index (χ3n) is 10.00. The van der Waals surface area contributed by atoms with Crippen LogP contribution >= 0.6 is 0 Å². The number of aliphatic hydroxyl groups excluding tert-OH is 2. The third-order valence-corrected chi connectivity index (χ3v) is 10.00. The molecule has 0 heterocycles. The van der Waals surface area contributed by atoms with Gasteiger partial charge in [-0.05, 0) is 68.8 Å². The van der Waals surface area contributed by atoms with Crippen LogP contribution in [0.15, 0.2) is 23.8 Å². The molecule has 4 saturated carbocycles. The molecule has 4 fully saturated rings. The van der Waals surface area contributed by atoms with Gasteiger partial charge in [0.05, 0.1) is 17.6 Å². The van der Waals surface area contributed by atoms with Crippen LogP contribution in [0.5, 0.6) is 0 Å². The maximum atomic E-state index is 13.9. The van der Waals surface area contributed by atoms with Crippen LogP contribution in [0.2, 0.25) is 0 Å². The van der Waals surface area contributed by atoms with Gasteiger partial charge in [-0.3, -0.25) is 9.59 Å². The summed E-state index contributed by atoms with van der Waals surface area (Å²) in [5.74, 6) is -0.306. The molecule has 2 spiro atoms. The molecule has 0 aromatic rings. The topological polar surface area (TPSA) is 107 Å². The van der Waals surface area contributed by atoms with Crippen molar-refractivity contribution in [1.29, 1.82) is 0 Å². The molecule has 1 amide bonds. The molecule has 5 aliphatic rings. The summed E-state index contributed by atoms with van der Waals surface area (Å²) in [6.07, 6.45) is 9.00. The smallest absolute Gasteiger partial charge is 0.224 e. The van der Waals surface area contributed by atoms with Crippen molar-refractivity contribution in [3.05, 3.63) is 23.8 Å². The maximum Gasteiger partial charge on any atom is 0.224 e. The zero-order chi connectivity index (χ0) is 23.6. The summed E-state index contributed by atoms with van der Waals surface area (Å²) in [5, 5.41) is 34.0. The second-order valence-electron chi connectivity index (χ2n) is 11.6. The van der Waals surface area contributed by atoms with Gasteiger partial charge in [-0.2, -0.15) is 0 Å². The first-order valence-electron chi connectivity index (χ1n) is 12.9. The number of rotatable bonds is 8. The van der Waals surface area contributed by atoms with Gasteiger partial charge in [-0.25, -0.2) is 0 Å². The normalized spacial score (nSPS) is 43.8. The number of unbranched alkanes of at least 4 members (excludes halogenated alkanes) is 3. The average molecular weight is 458 g/mol. The van der Waals surface area contributed by atoms with E-state index in [0.29, 0.717) is 38.6 Å². The minimum absolute atomic E-state index is 0.000161. The molecular weight excluding hydrogens is 418 g/mol. The number of carbonyl (C=O) groups is 2. The quantitative estimate of drug-likeness (QED) is 0.331. The van der Waals surface area contributed by atoms with E-state index in [4.69, 9.17) is 5.11 Å². The summed E-state index contributed by atoms with van der Waals surface area (Å²) >= 11 is 0. The molecule has 0 aromatic carbocycles. The van der Waals surface area contributed by atoms with Crippen LogP contribution < -0.4 is 5.32 Å². The highest BCUT2D eigenvalue weighted by molar-refractivity contribution is 6.03. The summed E-state index contributed by atoms with van der Waals surface area (Å²) in [4.78, 5) is 26.9. The molecule has 0 saturated heterocycles. The van der Waals surface area contributed by atoms with Crippen LogP contribution in [0.25, 0.3) is 0 Å². The molecule has 182 valence electrons. The van der Waals surface area contributed by atoms with Crippen molar-refractivity contribution in [3.63, 3.8) is 0 Å². The Balaban J connectivity index is 1.48. The highest BCUT2D eigenvalue weighted by atomic mass is 16.3. The Labute approximate surface area is 196 Å². The van der Waals surface area contributed by atoms with Crippen molar-refractivity contribution in [3.8, 4) is 0 Å². The fourth-order valence-electron chi connectivity index (χ4n) is 8.51. The summed E-state index contributed by atoms with van der Waals surface area (Å²) in [5.41, 5.74) is 0.171. The van der Waals surface area contributed by atoms with Gasteiger partial charge < -0.3 is 20.6 Å². The number of ketones is 1. The van der Waals surface area contributed by atoms with Gasteiger partial charge in [0.1, 0.15) is 5.78 Å². The van der Waals surface area contributed by atoms with Gasteiger partial charge in [-0.15, -0.1) is 0 Å². The van der Waals surface area contributed by atoms with E-state index < -0.39 is 17.1 Å². The predicted molar refractivity (Wildman–Crippen MR) is 124 cm³/mol. The third kappa shape index (κ3) is 3.24. The van der Waals surface area contributed by atoms with Crippen LogP contribution in [0, 0.1) is 34.5 Å². The first kappa shape index (κ1) is 23.3. The Morgan fingerprint density at radius 3 is 2.67 bits per heavy atom. The summed E-state index contributed by atoms with van der Waals surface area (Å²) in [6, 6.07) is 0. The highest BCUT2D eigenvalue weighted by Crippen LogP contribution is 2.76. The number of aliphatic hydroxyl groups is 3. The molecule has 0 radical (unpaired) electrons. The molecule has 6 nitrogen and oxygen atoms in total. The predicted octanol–water partition coefficient (Wildman–Crippen LogP) is 2.67. The minimum atomic E-state index is -0.905. The number of hydrogen-bond acceptors (Lipinski definition) is 5. The molecule has 2 bridgehead atoms. The lowest BCUT2D eigenvalue weighted by Gasteiger charge is -2.42. The van der Waals surface area contributed by atoms with E-state index in [1.54, 1.807) is 6.92 Å². The zero-order valence-electron chi connectivity index (χ0n) is 19.8. The van der Waals surface area contributed by atoms with Crippen molar-refractivity contribution in [2.75, 3.05) is 13.2 Å². The molecule has 4 N–H and O–H groups in total. The fraction of sp³-hybridized carbons (Fsp3) is 0.778. The molecule has 6 heteroatoms. The maximum absolute atomic E-state index is 13.9. The molecule has 33 heavy (non-hydrogen) atoms. The lowest BCUT2D eigenvalue weighted by Crippen LogP contribution is -2.48. The Hall–Kier alpha value is -1.50. The van der Waals surface area contributed by atoms with Crippen molar-refractivity contribution in [2.45, 2.75) is 82.8 Å². The fourth-order valence-corrected chi connectivity index (χ4v) is 8.51. The van der Waals surface area contributed by atoms with E-state index in [1.807, 2.05) is 0 Å². The van der Waals surface area contributed by atoms with E-state index in [1.165, 1.54) is 5.57 Å². The number of amides is 1. The van der Waals surface area contributed by atoms with Crippen LogP contribution in [0.1, 0.15) is 71.1 Å². The number of fused-ring (bicyclic) bond motifs is 4. The average Bonchev–Trinajstić information content (AvgIpc) is 3.23. The largest absolute Gasteiger partial charge is 0.396 e. The second-order valence-corrected chi connectivity index (χ2v) is 11.6. The summed E-state index contributed by atoms with van der Waals surface area (Å²) in [7, 11) is 0. The standard InChI is InChI=1S/C27H39NO5/c1-16-13-25-15-26(16,33)10-9-20(25)18-7-8-19(17(2)30)27(14-21(27)31)22(18)23(25)24(32)28-11-5-3-4-6-12-29/h7,17,19-20,22-23,29-30,33H,1,3-6,8-15H2,2H3,(H,28,32). The van der Waals surface area contributed by atoms with Gasteiger partial charge in [0, 0.05) is 36.8 Å². The van der Waals surface area contributed by atoms with Crippen molar-refractivity contribution in [2.24, 2.45) is 34.5 Å². The lowest BCUT2D eigenvalue weighted by atomic mass is 9.61. The zero-order valence-corrected chi connectivity index (χ0v) is 19.8. The minimum Gasteiger partial charge on any atom is -0.396 e. The summed E-state index contributed by atoms with van der Waals surface area (Å²) in [6.45, 7) is 6.77. The van der Waals surface area contributed by atoms with Gasteiger partial charge in [-0.1, -0.05) is 31.1 Å². The van der Waals surface area contributed by atoms with Crippen LogP contribution in [0.3, 0.4) is 0 Å². The van der Waals surface area contributed by atoms with Crippen LogP contribution in [0.4, 0.5) is 0 Å². The van der Waals surface area contributed by atoms with Crippen molar-refractivity contribution < 1.29 is 24.9 Å². The Morgan fingerprint density at radius 2 is 2.00 bits per heavy atom. The molecule has 8 unspecified atom stereocenters. The molecule has 0 aliphatic heterocycles. The number of allylic oxidation sites excluding steroid dienone is 2. The van der Waals surface area contributed by atoms with Gasteiger partial charge in [0.15, 0.2) is 0 Å².